The highest BCUT2D eigenvalue weighted by Gasteiger charge is 2.31. The number of para-hydroxylation sites is 1. The van der Waals surface area contributed by atoms with Crippen LogP contribution in [0.15, 0.2) is 24.3 Å². The summed E-state index contributed by atoms with van der Waals surface area (Å²) in [7, 11) is 1.63. The standard InChI is InChI=1S/C12H15F3N2O2.ClH/c1-16-8-11(18)17-7-6-9-4-2-3-5-10(9)19-12(13,14)15;/h2-5,16H,6-8H2,1H3,(H,17,18);1H. The first kappa shape index (κ1) is 18.5. The predicted octanol–water partition coefficient (Wildman–Crippen LogP) is 1.89. The monoisotopic (exact) mass is 312 g/mol. The Kier molecular flexibility index (Phi) is 8.02. The number of carbonyl (C=O) groups is 1. The van der Waals surface area contributed by atoms with Gasteiger partial charge >= 0.3 is 6.36 Å². The van der Waals surface area contributed by atoms with Crippen molar-refractivity contribution in [2.45, 2.75) is 12.8 Å². The van der Waals surface area contributed by atoms with Crippen molar-refractivity contribution in [3.63, 3.8) is 0 Å². The highest BCUT2D eigenvalue weighted by Crippen LogP contribution is 2.26. The van der Waals surface area contributed by atoms with Gasteiger partial charge in [-0.25, -0.2) is 0 Å². The predicted molar refractivity (Wildman–Crippen MR) is 71.0 cm³/mol. The van der Waals surface area contributed by atoms with Gasteiger partial charge in [0.15, 0.2) is 0 Å². The highest BCUT2D eigenvalue weighted by atomic mass is 35.5. The van der Waals surface area contributed by atoms with Crippen molar-refractivity contribution >= 4 is 18.3 Å². The Labute approximate surface area is 121 Å². The van der Waals surface area contributed by atoms with E-state index >= 15 is 0 Å². The maximum atomic E-state index is 12.2. The number of alkyl halides is 3. The van der Waals surface area contributed by atoms with E-state index < -0.39 is 6.36 Å². The molecule has 1 amide bonds. The van der Waals surface area contributed by atoms with E-state index in [1.807, 2.05) is 0 Å². The molecule has 1 aromatic rings. The van der Waals surface area contributed by atoms with E-state index in [1.54, 1.807) is 13.1 Å². The first-order valence-electron chi connectivity index (χ1n) is 5.67. The number of halogens is 4. The van der Waals surface area contributed by atoms with Gasteiger partial charge in [-0.15, -0.1) is 25.6 Å². The van der Waals surface area contributed by atoms with Gasteiger partial charge in [-0.1, -0.05) is 18.2 Å². The highest BCUT2D eigenvalue weighted by molar-refractivity contribution is 5.85. The molecule has 0 saturated heterocycles. The fourth-order valence-corrected chi connectivity index (χ4v) is 1.49. The Morgan fingerprint density at radius 2 is 1.95 bits per heavy atom. The number of nitrogens with one attached hydrogen (secondary N) is 2. The van der Waals surface area contributed by atoms with Crippen molar-refractivity contribution in [2.75, 3.05) is 20.1 Å². The second-order valence-electron chi connectivity index (χ2n) is 3.79. The molecule has 0 aliphatic rings. The zero-order chi connectivity index (χ0) is 14.3. The Balaban J connectivity index is 0.00000361. The first-order valence-corrected chi connectivity index (χ1v) is 5.67. The second kappa shape index (κ2) is 8.65. The van der Waals surface area contributed by atoms with Crippen molar-refractivity contribution in [1.29, 1.82) is 0 Å². The fourth-order valence-electron chi connectivity index (χ4n) is 1.49. The lowest BCUT2D eigenvalue weighted by Crippen LogP contribution is -2.33. The quantitative estimate of drug-likeness (QED) is 0.843. The molecular formula is C12H16ClF3N2O2. The van der Waals surface area contributed by atoms with Crippen molar-refractivity contribution in [3.8, 4) is 5.75 Å². The van der Waals surface area contributed by atoms with E-state index in [0.29, 0.717) is 5.56 Å². The van der Waals surface area contributed by atoms with Gasteiger partial charge in [-0.3, -0.25) is 4.79 Å². The van der Waals surface area contributed by atoms with Crippen LogP contribution in [0.3, 0.4) is 0 Å². The zero-order valence-corrected chi connectivity index (χ0v) is 11.6. The molecule has 114 valence electrons. The molecule has 1 rings (SSSR count). The molecule has 20 heavy (non-hydrogen) atoms. The van der Waals surface area contributed by atoms with E-state index in [4.69, 9.17) is 0 Å². The van der Waals surface area contributed by atoms with Crippen LogP contribution in [0.2, 0.25) is 0 Å². The third kappa shape index (κ3) is 7.20. The van der Waals surface area contributed by atoms with Crippen molar-refractivity contribution in [3.05, 3.63) is 29.8 Å². The van der Waals surface area contributed by atoms with Crippen molar-refractivity contribution < 1.29 is 22.7 Å². The van der Waals surface area contributed by atoms with Crippen LogP contribution in [0, 0.1) is 0 Å². The van der Waals surface area contributed by atoms with E-state index in [9.17, 15) is 18.0 Å². The molecule has 1 aromatic carbocycles. The SMILES string of the molecule is CNCC(=O)NCCc1ccccc1OC(F)(F)F.Cl. The lowest BCUT2D eigenvalue weighted by molar-refractivity contribution is -0.274. The molecule has 0 aliphatic carbocycles. The number of ether oxygens (including phenoxy) is 1. The van der Waals surface area contributed by atoms with Gasteiger partial charge in [0.05, 0.1) is 6.54 Å². The van der Waals surface area contributed by atoms with Crippen molar-refractivity contribution in [1.82, 2.24) is 10.6 Å². The molecule has 4 nitrogen and oxygen atoms in total. The molecule has 2 N–H and O–H groups in total. The summed E-state index contributed by atoms with van der Waals surface area (Å²) < 4.78 is 40.4. The van der Waals surface area contributed by atoms with Crippen LogP contribution in [-0.4, -0.2) is 32.4 Å². The maximum Gasteiger partial charge on any atom is 0.573 e. The summed E-state index contributed by atoms with van der Waals surface area (Å²) in [4.78, 5) is 11.2. The minimum Gasteiger partial charge on any atom is -0.406 e. The van der Waals surface area contributed by atoms with Gasteiger partial charge in [0.2, 0.25) is 5.91 Å². The average molecular weight is 313 g/mol. The topological polar surface area (TPSA) is 50.4 Å². The number of rotatable bonds is 6. The molecule has 0 radical (unpaired) electrons. The molecule has 0 atom stereocenters. The Morgan fingerprint density at radius 1 is 1.30 bits per heavy atom. The summed E-state index contributed by atoms with van der Waals surface area (Å²) in [6.45, 7) is 0.416. The summed E-state index contributed by atoms with van der Waals surface area (Å²) in [6, 6.07) is 5.86. The number of hydrogen-bond acceptors (Lipinski definition) is 3. The van der Waals surface area contributed by atoms with Gasteiger partial charge in [0.1, 0.15) is 5.75 Å². The molecule has 0 unspecified atom stereocenters. The molecule has 0 aromatic heterocycles. The number of likely N-dealkylation sites (N-methyl/N-ethyl adjacent to an activating group) is 1. The minimum absolute atomic E-state index is 0. The number of carbonyl (C=O) groups excluding carboxylic acids is 1. The molecule has 0 saturated carbocycles. The summed E-state index contributed by atoms with van der Waals surface area (Å²) in [5.41, 5.74) is 0.393. The zero-order valence-electron chi connectivity index (χ0n) is 10.8. The number of benzene rings is 1. The normalized spacial score (nSPS) is 10.6. The number of hydrogen-bond donors (Lipinski definition) is 2. The van der Waals surface area contributed by atoms with Crippen LogP contribution in [-0.2, 0) is 11.2 Å². The van der Waals surface area contributed by atoms with E-state index in [2.05, 4.69) is 15.4 Å². The van der Waals surface area contributed by atoms with Crippen LogP contribution in [0.5, 0.6) is 5.75 Å². The second-order valence-corrected chi connectivity index (χ2v) is 3.79. The number of amides is 1. The third-order valence-corrected chi connectivity index (χ3v) is 2.25. The van der Waals surface area contributed by atoms with Gasteiger partial charge in [-0.2, -0.15) is 0 Å². The summed E-state index contributed by atoms with van der Waals surface area (Å²) in [5.74, 6) is -0.449. The van der Waals surface area contributed by atoms with Crippen LogP contribution >= 0.6 is 12.4 Å². The molecule has 0 aliphatic heterocycles. The summed E-state index contributed by atoms with van der Waals surface area (Å²) >= 11 is 0. The summed E-state index contributed by atoms with van der Waals surface area (Å²) in [5, 5.41) is 5.26. The van der Waals surface area contributed by atoms with Gasteiger partial charge in [-0.05, 0) is 25.1 Å². The molecule has 8 heteroatoms. The molecule has 0 bridgehead atoms. The molecule has 0 spiro atoms. The maximum absolute atomic E-state index is 12.2. The molecular weight excluding hydrogens is 297 g/mol. The Hall–Kier alpha value is -1.47. The van der Waals surface area contributed by atoms with E-state index in [0.717, 1.165) is 0 Å². The molecule has 0 fully saturated rings. The summed E-state index contributed by atoms with van der Waals surface area (Å²) in [6.07, 6.45) is -4.45. The smallest absolute Gasteiger partial charge is 0.406 e. The van der Waals surface area contributed by atoms with E-state index in [1.165, 1.54) is 18.2 Å². The molecule has 0 heterocycles. The average Bonchev–Trinajstić information content (AvgIpc) is 2.30. The van der Waals surface area contributed by atoms with Gasteiger partial charge in [0, 0.05) is 6.54 Å². The first-order chi connectivity index (χ1) is 8.92. The lowest BCUT2D eigenvalue weighted by Gasteiger charge is -2.13. The Bertz CT molecular complexity index is 427. The fraction of sp³-hybridized carbons (Fsp3) is 0.417. The van der Waals surface area contributed by atoms with Gasteiger partial charge < -0.3 is 15.4 Å². The van der Waals surface area contributed by atoms with Crippen LogP contribution in [0.1, 0.15) is 5.56 Å². The van der Waals surface area contributed by atoms with Crippen molar-refractivity contribution in [2.24, 2.45) is 0 Å². The minimum atomic E-state index is -4.72. The van der Waals surface area contributed by atoms with Gasteiger partial charge in [0.25, 0.3) is 0 Å². The lowest BCUT2D eigenvalue weighted by atomic mass is 10.1. The van der Waals surface area contributed by atoms with Crippen LogP contribution in [0.25, 0.3) is 0 Å². The third-order valence-electron chi connectivity index (χ3n) is 2.25. The largest absolute Gasteiger partial charge is 0.573 e. The Morgan fingerprint density at radius 3 is 2.55 bits per heavy atom. The van der Waals surface area contributed by atoms with E-state index in [-0.39, 0.29) is 43.6 Å². The van der Waals surface area contributed by atoms with Crippen LogP contribution in [0.4, 0.5) is 13.2 Å². The van der Waals surface area contributed by atoms with Crippen LogP contribution < -0.4 is 15.4 Å².